The van der Waals surface area contributed by atoms with Crippen LogP contribution in [-0.4, -0.2) is 15.7 Å². The molecule has 1 aromatic heterocycles. The molecule has 1 N–H and O–H groups in total. The molecule has 0 unspecified atom stereocenters. The van der Waals surface area contributed by atoms with Gasteiger partial charge in [-0.05, 0) is 66.9 Å². The van der Waals surface area contributed by atoms with Crippen molar-refractivity contribution in [1.82, 2.24) is 9.78 Å². The maximum atomic E-state index is 13.0. The number of alkyl halides is 3. The van der Waals surface area contributed by atoms with Crippen molar-refractivity contribution in [3.8, 4) is 5.75 Å². The fourth-order valence-electron chi connectivity index (χ4n) is 3.57. The van der Waals surface area contributed by atoms with Gasteiger partial charge in [-0.25, -0.2) is 0 Å². The summed E-state index contributed by atoms with van der Waals surface area (Å²) in [6.45, 7) is 4.16. The molecule has 4 rings (SSSR count). The Balaban J connectivity index is 1.38. The number of hydrogen-bond donors (Lipinski definition) is 1. The summed E-state index contributed by atoms with van der Waals surface area (Å²) in [6.07, 6.45) is -4.41. The quantitative estimate of drug-likeness (QED) is 0.288. The largest absolute Gasteiger partial charge is 0.487 e. The molecule has 0 bridgehead atoms. The van der Waals surface area contributed by atoms with Crippen molar-refractivity contribution in [3.05, 3.63) is 111 Å². The summed E-state index contributed by atoms with van der Waals surface area (Å²) >= 11 is 6.16. The molecule has 5 nitrogen and oxygen atoms in total. The lowest BCUT2D eigenvalue weighted by Crippen LogP contribution is -2.13. The Bertz CT molecular complexity index is 1380. The van der Waals surface area contributed by atoms with Gasteiger partial charge < -0.3 is 10.1 Å². The zero-order chi connectivity index (χ0) is 25.9. The van der Waals surface area contributed by atoms with Crippen LogP contribution in [-0.2, 0) is 19.3 Å². The minimum absolute atomic E-state index is 0.144. The predicted octanol–water partition coefficient (Wildman–Crippen LogP) is 7.05. The van der Waals surface area contributed by atoms with Gasteiger partial charge in [0.25, 0.3) is 5.91 Å². The van der Waals surface area contributed by atoms with Crippen molar-refractivity contribution in [2.24, 2.45) is 0 Å². The van der Waals surface area contributed by atoms with Crippen molar-refractivity contribution in [1.29, 1.82) is 0 Å². The van der Waals surface area contributed by atoms with Crippen molar-refractivity contribution in [2.45, 2.75) is 33.2 Å². The van der Waals surface area contributed by atoms with Gasteiger partial charge in [-0.2, -0.15) is 18.3 Å². The zero-order valence-corrected chi connectivity index (χ0v) is 20.3. The van der Waals surface area contributed by atoms with Gasteiger partial charge in [0, 0.05) is 17.3 Å². The molecule has 0 aliphatic carbocycles. The third-order valence-corrected chi connectivity index (χ3v) is 5.82. The highest BCUT2D eigenvalue weighted by atomic mass is 35.5. The SMILES string of the molecule is Cc1ccc(Cl)c(OCc2ccc(C(=O)Nc3cc(C)n(Cc4cccc(C(F)(F)F)c4)n3)cc2)c1. The Hall–Kier alpha value is -3.78. The van der Waals surface area contributed by atoms with E-state index in [1.807, 2.05) is 19.1 Å². The lowest BCUT2D eigenvalue weighted by atomic mass is 10.1. The minimum Gasteiger partial charge on any atom is -0.487 e. The third kappa shape index (κ3) is 6.26. The van der Waals surface area contributed by atoms with Gasteiger partial charge in [0.15, 0.2) is 5.82 Å². The van der Waals surface area contributed by atoms with Gasteiger partial charge in [0.2, 0.25) is 0 Å². The van der Waals surface area contributed by atoms with E-state index in [9.17, 15) is 18.0 Å². The van der Waals surface area contributed by atoms with Crippen LogP contribution < -0.4 is 10.1 Å². The summed E-state index contributed by atoms with van der Waals surface area (Å²) in [5.74, 6) is 0.550. The van der Waals surface area contributed by atoms with Gasteiger partial charge in [-0.3, -0.25) is 9.48 Å². The number of benzene rings is 3. The van der Waals surface area contributed by atoms with Gasteiger partial charge in [-0.15, -0.1) is 0 Å². The van der Waals surface area contributed by atoms with Gasteiger partial charge in [0.05, 0.1) is 17.1 Å². The number of carbonyl (C=O) groups is 1. The lowest BCUT2D eigenvalue weighted by Gasteiger charge is -2.10. The van der Waals surface area contributed by atoms with Crippen molar-refractivity contribution in [2.75, 3.05) is 5.32 Å². The number of ether oxygens (including phenoxy) is 1. The molecule has 0 atom stereocenters. The summed E-state index contributed by atoms with van der Waals surface area (Å²) in [6, 6.07) is 19.2. The van der Waals surface area contributed by atoms with Crippen LogP contribution in [0.1, 0.15) is 38.3 Å². The average molecular weight is 514 g/mol. The molecule has 9 heteroatoms. The topological polar surface area (TPSA) is 56.1 Å². The summed E-state index contributed by atoms with van der Waals surface area (Å²) in [5.41, 5.74) is 2.77. The minimum atomic E-state index is -4.41. The maximum Gasteiger partial charge on any atom is 0.416 e. The standard InChI is InChI=1S/C27H23ClF3N3O2/c1-17-6-11-23(28)24(12-17)36-16-19-7-9-21(10-8-19)26(35)32-25-13-18(2)34(33-25)15-20-4-3-5-22(14-20)27(29,30)31/h3-14H,15-16H2,1-2H3,(H,32,33,35). The van der Waals surface area contributed by atoms with E-state index in [0.29, 0.717) is 40.0 Å². The molecular formula is C27H23ClF3N3O2. The maximum absolute atomic E-state index is 13.0. The Morgan fingerprint density at radius 1 is 1.00 bits per heavy atom. The molecular weight excluding hydrogens is 491 g/mol. The molecule has 4 aromatic rings. The van der Waals surface area contributed by atoms with E-state index in [-0.39, 0.29) is 12.5 Å². The van der Waals surface area contributed by atoms with E-state index >= 15 is 0 Å². The molecule has 1 heterocycles. The van der Waals surface area contributed by atoms with Gasteiger partial charge in [0.1, 0.15) is 12.4 Å². The van der Waals surface area contributed by atoms with Crippen LogP contribution in [0, 0.1) is 13.8 Å². The van der Waals surface area contributed by atoms with Crippen LogP contribution in [0.4, 0.5) is 19.0 Å². The second kappa shape index (κ2) is 10.5. The molecule has 0 saturated heterocycles. The summed E-state index contributed by atoms with van der Waals surface area (Å²) in [5, 5.41) is 7.59. The predicted molar refractivity (Wildman–Crippen MR) is 132 cm³/mol. The molecule has 0 aliphatic rings. The number of rotatable bonds is 7. The molecule has 0 saturated carbocycles. The Kier molecular flexibility index (Phi) is 7.35. The van der Waals surface area contributed by atoms with Crippen molar-refractivity contribution in [3.63, 3.8) is 0 Å². The monoisotopic (exact) mass is 513 g/mol. The molecule has 0 spiro atoms. The van der Waals surface area contributed by atoms with Crippen LogP contribution in [0.5, 0.6) is 5.75 Å². The Labute approximate surface area is 211 Å². The van der Waals surface area contributed by atoms with E-state index < -0.39 is 11.7 Å². The van der Waals surface area contributed by atoms with Crippen LogP contribution in [0.2, 0.25) is 5.02 Å². The number of anilines is 1. The number of carbonyl (C=O) groups excluding carboxylic acids is 1. The number of nitrogens with one attached hydrogen (secondary N) is 1. The second-order valence-electron chi connectivity index (χ2n) is 8.40. The van der Waals surface area contributed by atoms with Gasteiger partial charge >= 0.3 is 6.18 Å². The van der Waals surface area contributed by atoms with E-state index in [1.54, 1.807) is 54.1 Å². The molecule has 3 aromatic carbocycles. The first kappa shape index (κ1) is 25.3. The van der Waals surface area contributed by atoms with Crippen molar-refractivity contribution < 1.29 is 22.7 Å². The Morgan fingerprint density at radius 3 is 2.47 bits per heavy atom. The van der Waals surface area contributed by atoms with Crippen LogP contribution in [0.15, 0.2) is 72.8 Å². The first-order chi connectivity index (χ1) is 17.1. The number of amides is 1. The lowest BCUT2D eigenvalue weighted by molar-refractivity contribution is -0.137. The molecule has 1 amide bonds. The van der Waals surface area contributed by atoms with E-state index in [4.69, 9.17) is 16.3 Å². The van der Waals surface area contributed by atoms with E-state index in [2.05, 4.69) is 10.4 Å². The highest BCUT2D eigenvalue weighted by Gasteiger charge is 2.30. The second-order valence-corrected chi connectivity index (χ2v) is 8.81. The average Bonchev–Trinajstić information content (AvgIpc) is 3.17. The molecule has 0 aliphatic heterocycles. The van der Waals surface area contributed by atoms with Crippen LogP contribution in [0.25, 0.3) is 0 Å². The molecule has 0 radical (unpaired) electrons. The van der Waals surface area contributed by atoms with E-state index in [0.717, 1.165) is 23.3 Å². The van der Waals surface area contributed by atoms with E-state index in [1.165, 1.54) is 6.07 Å². The summed E-state index contributed by atoms with van der Waals surface area (Å²) in [4.78, 5) is 12.7. The zero-order valence-electron chi connectivity index (χ0n) is 19.6. The third-order valence-electron chi connectivity index (χ3n) is 5.51. The molecule has 186 valence electrons. The van der Waals surface area contributed by atoms with Gasteiger partial charge in [-0.1, -0.05) is 41.9 Å². The Morgan fingerprint density at radius 2 is 1.75 bits per heavy atom. The number of nitrogens with zero attached hydrogens (tertiary/aromatic N) is 2. The highest BCUT2D eigenvalue weighted by Crippen LogP contribution is 2.30. The van der Waals surface area contributed by atoms with Crippen molar-refractivity contribution >= 4 is 23.3 Å². The fourth-order valence-corrected chi connectivity index (χ4v) is 3.75. The number of aryl methyl sites for hydroxylation is 2. The van der Waals surface area contributed by atoms with Crippen LogP contribution >= 0.6 is 11.6 Å². The number of hydrogen-bond acceptors (Lipinski definition) is 3. The molecule has 36 heavy (non-hydrogen) atoms. The summed E-state index contributed by atoms with van der Waals surface area (Å²) in [7, 11) is 0. The first-order valence-corrected chi connectivity index (χ1v) is 11.5. The van der Waals surface area contributed by atoms with Crippen LogP contribution in [0.3, 0.4) is 0 Å². The smallest absolute Gasteiger partial charge is 0.416 e. The summed E-state index contributed by atoms with van der Waals surface area (Å²) < 4.78 is 46.3. The highest BCUT2D eigenvalue weighted by molar-refractivity contribution is 6.32. The first-order valence-electron chi connectivity index (χ1n) is 11.1. The number of aromatic nitrogens is 2. The normalized spacial score (nSPS) is 11.4. The fraction of sp³-hybridized carbons (Fsp3) is 0.185. The molecule has 0 fully saturated rings. The number of halogens is 4.